The molecule has 0 spiro atoms. The van der Waals surface area contributed by atoms with Crippen molar-refractivity contribution < 1.29 is 9.59 Å². The number of carbonyl (C=O) groups is 2. The molecular weight excluding hydrogens is 386 g/mol. The van der Waals surface area contributed by atoms with E-state index < -0.39 is 6.04 Å². The van der Waals surface area contributed by atoms with Crippen LogP contribution in [0.1, 0.15) is 29.9 Å². The largest absolute Gasteiger partial charge is 0.341 e. The van der Waals surface area contributed by atoms with Gasteiger partial charge in [0.2, 0.25) is 5.91 Å². The maximum atomic E-state index is 12.9. The normalized spacial score (nSPS) is 12.0. The average Bonchev–Trinajstić information content (AvgIpc) is 3.26. The minimum atomic E-state index is -0.687. The summed E-state index contributed by atoms with van der Waals surface area (Å²) in [4.78, 5) is 26.6. The Bertz CT molecular complexity index is 1060. The Kier molecular flexibility index (Phi) is 6.29. The predicted molar refractivity (Wildman–Crippen MR) is 113 cm³/mol. The first kappa shape index (κ1) is 20.6. The first-order chi connectivity index (χ1) is 13.9. The number of aromatic nitrogens is 2. The van der Waals surface area contributed by atoms with Crippen molar-refractivity contribution >= 4 is 33.4 Å². The SMILES string of the molecule is CC(C)C[C@H](NC(=O)c1cc2c(-c3ccccc3)nn(C)c2s1)C(=O)NCC#N. The average molecular weight is 410 g/mol. The molecular formula is C21H23N5O2S. The van der Waals surface area contributed by atoms with Gasteiger partial charge in [0.05, 0.1) is 10.9 Å². The molecule has 0 aliphatic rings. The maximum absolute atomic E-state index is 12.9. The summed E-state index contributed by atoms with van der Waals surface area (Å²) in [6, 6.07) is 12.8. The third-order valence-electron chi connectivity index (χ3n) is 4.45. The lowest BCUT2D eigenvalue weighted by molar-refractivity contribution is -0.123. The maximum Gasteiger partial charge on any atom is 0.262 e. The van der Waals surface area contributed by atoms with Gasteiger partial charge in [-0.15, -0.1) is 11.3 Å². The predicted octanol–water partition coefficient (Wildman–Crippen LogP) is 3.09. The second-order valence-corrected chi connectivity index (χ2v) is 8.23. The van der Waals surface area contributed by atoms with Crippen LogP contribution in [0.3, 0.4) is 0 Å². The van der Waals surface area contributed by atoms with E-state index in [2.05, 4.69) is 15.7 Å². The zero-order valence-electron chi connectivity index (χ0n) is 16.6. The minimum absolute atomic E-state index is 0.0850. The zero-order valence-corrected chi connectivity index (χ0v) is 17.4. The van der Waals surface area contributed by atoms with E-state index in [1.54, 1.807) is 4.68 Å². The van der Waals surface area contributed by atoms with Gasteiger partial charge >= 0.3 is 0 Å². The van der Waals surface area contributed by atoms with Crippen molar-refractivity contribution in [2.24, 2.45) is 13.0 Å². The molecule has 0 aliphatic heterocycles. The Labute approximate surface area is 173 Å². The Balaban J connectivity index is 1.86. The van der Waals surface area contributed by atoms with Crippen LogP contribution in [0.5, 0.6) is 0 Å². The van der Waals surface area contributed by atoms with E-state index in [0.29, 0.717) is 11.3 Å². The fraction of sp³-hybridized carbons (Fsp3) is 0.333. The van der Waals surface area contributed by atoms with Crippen LogP contribution in [0, 0.1) is 17.2 Å². The standard InChI is InChI=1S/C21H23N5O2S/c1-13(2)11-16(19(27)23-10-9-22)24-20(28)17-12-15-18(14-7-5-4-6-8-14)25-26(3)21(15)29-17/h4-8,12-13,16H,10-11H2,1-3H3,(H,23,27)(H,24,28)/t16-/m0/s1. The molecule has 1 atom stereocenters. The second-order valence-electron chi connectivity index (χ2n) is 7.20. The molecule has 0 saturated heterocycles. The van der Waals surface area contributed by atoms with E-state index in [9.17, 15) is 9.59 Å². The molecule has 8 heteroatoms. The van der Waals surface area contributed by atoms with Gasteiger partial charge in [0.15, 0.2) is 0 Å². The van der Waals surface area contributed by atoms with Gasteiger partial charge in [-0.1, -0.05) is 44.2 Å². The van der Waals surface area contributed by atoms with Gasteiger partial charge in [-0.2, -0.15) is 10.4 Å². The number of hydrogen-bond acceptors (Lipinski definition) is 5. The summed E-state index contributed by atoms with van der Waals surface area (Å²) in [6.07, 6.45) is 0.491. The van der Waals surface area contributed by atoms with Crippen molar-refractivity contribution in [2.45, 2.75) is 26.3 Å². The molecule has 2 heterocycles. The van der Waals surface area contributed by atoms with Gasteiger partial charge in [-0.25, -0.2) is 0 Å². The number of thiophene rings is 1. The number of nitrogens with zero attached hydrogens (tertiary/aromatic N) is 3. The number of rotatable bonds is 7. The monoisotopic (exact) mass is 409 g/mol. The summed E-state index contributed by atoms with van der Waals surface area (Å²) in [5.41, 5.74) is 1.81. The Morgan fingerprint density at radius 1 is 1.28 bits per heavy atom. The molecule has 1 aromatic carbocycles. The molecule has 0 fully saturated rings. The summed E-state index contributed by atoms with van der Waals surface area (Å²) in [5, 5.41) is 19.5. The number of nitriles is 1. The van der Waals surface area contributed by atoms with E-state index in [1.165, 1.54) is 11.3 Å². The van der Waals surface area contributed by atoms with Crippen molar-refractivity contribution in [3.63, 3.8) is 0 Å². The van der Waals surface area contributed by atoms with E-state index >= 15 is 0 Å². The summed E-state index contributed by atoms with van der Waals surface area (Å²) in [7, 11) is 1.85. The van der Waals surface area contributed by atoms with Crippen LogP contribution < -0.4 is 10.6 Å². The molecule has 0 bridgehead atoms. The van der Waals surface area contributed by atoms with E-state index in [-0.39, 0.29) is 24.3 Å². The van der Waals surface area contributed by atoms with E-state index in [1.807, 2.05) is 63.4 Å². The summed E-state index contributed by atoms with van der Waals surface area (Å²) < 4.78 is 1.77. The van der Waals surface area contributed by atoms with Crippen LogP contribution in [0.4, 0.5) is 0 Å². The van der Waals surface area contributed by atoms with Crippen LogP contribution in [0.2, 0.25) is 0 Å². The number of amides is 2. The Morgan fingerprint density at radius 3 is 2.66 bits per heavy atom. The third-order valence-corrected chi connectivity index (χ3v) is 5.65. The first-order valence-electron chi connectivity index (χ1n) is 9.38. The molecule has 2 amide bonds. The summed E-state index contributed by atoms with van der Waals surface area (Å²) in [5.74, 6) is -0.436. The highest BCUT2D eigenvalue weighted by Gasteiger charge is 2.24. The number of benzene rings is 1. The van der Waals surface area contributed by atoms with Gasteiger partial charge in [0, 0.05) is 18.0 Å². The van der Waals surface area contributed by atoms with Crippen molar-refractivity contribution in [2.75, 3.05) is 6.54 Å². The number of hydrogen-bond donors (Lipinski definition) is 2. The van der Waals surface area contributed by atoms with Crippen molar-refractivity contribution in [1.82, 2.24) is 20.4 Å². The number of fused-ring (bicyclic) bond motifs is 1. The fourth-order valence-electron chi connectivity index (χ4n) is 3.14. The smallest absolute Gasteiger partial charge is 0.262 e. The highest BCUT2D eigenvalue weighted by atomic mass is 32.1. The Hall–Kier alpha value is -3.18. The summed E-state index contributed by atoms with van der Waals surface area (Å²) in [6.45, 7) is 3.88. The third kappa shape index (κ3) is 4.63. The van der Waals surface area contributed by atoms with Gasteiger partial charge in [0.1, 0.15) is 23.1 Å². The molecule has 0 saturated carbocycles. The van der Waals surface area contributed by atoms with E-state index in [4.69, 9.17) is 5.26 Å². The lowest BCUT2D eigenvalue weighted by atomic mass is 10.0. The van der Waals surface area contributed by atoms with E-state index in [0.717, 1.165) is 21.5 Å². The van der Waals surface area contributed by atoms with Crippen LogP contribution in [-0.4, -0.2) is 34.2 Å². The fourth-order valence-corrected chi connectivity index (χ4v) is 4.12. The molecule has 0 unspecified atom stereocenters. The highest BCUT2D eigenvalue weighted by molar-refractivity contribution is 7.20. The molecule has 0 radical (unpaired) electrons. The van der Waals surface area contributed by atoms with Gasteiger partial charge in [0.25, 0.3) is 5.91 Å². The van der Waals surface area contributed by atoms with Crippen molar-refractivity contribution in [1.29, 1.82) is 5.26 Å². The molecule has 2 aromatic heterocycles. The topological polar surface area (TPSA) is 99.8 Å². The zero-order chi connectivity index (χ0) is 21.0. The second kappa shape index (κ2) is 8.88. The van der Waals surface area contributed by atoms with Gasteiger partial charge in [-0.3, -0.25) is 14.3 Å². The molecule has 0 aliphatic carbocycles. The van der Waals surface area contributed by atoms with Crippen LogP contribution in [0.15, 0.2) is 36.4 Å². The van der Waals surface area contributed by atoms with Crippen LogP contribution in [0.25, 0.3) is 21.5 Å². The highest BCUT2D eigenvalue weighted by Crippen LogP contribution is 2.33. The molecule has 3 rings (SSSR count). The first-order valence-corrected chi connectivity index (χ1v) is 10.2. The van der Waals surface area contributed by atoms with Gasteiger partial charge < -0.3 is 10.6 Å². The Morgan fingerprint density at radius 2 is 2.00 bits per heavy atom. The lowest BCUT2D eigenvalue weighted by Crippen LogP contribution is -2.47. The number of nitrogens with one attached hydrogen (secondary N) is 2. The summed E-state index contributed by atoms with van der Waals surface area (Å²) >= 11 is 1.34. The lowest BCUT2D eigenvalue weighted by Gasteiger charge is -2.19. The number of carbonyl (C=O) groups excluding carboxylic acids is 2. The quantitative estimate of drug-likeness (QED) is 0.586. The van der Waals surface area contributed by atoms with Crippen LogP contribution in [-0.2, 0) is 11.8 Å². The van der Waals surface area contributed by atoms with Crippen molar-refractivity contribution in [3.8, 4) is 17.3 Å². The molecule has 7 nitrogen and oxygen atoms in total. The molecule has 3 aromatic rings. The number of aryl methyl sites for hydroxylation is 1. The van der Waals surface area contributed by atoms with Crippen molar-refractivity contribution in [3.05, 3.63) is 41.3 Å². The molecule has 29 heavy (non-hydrogen) atoms. The molecule has 150 valence electrons. The van der Waals surface area contributed by atoms with Gasteiger partial charge in [-0.05, 0) is 18.4 Å². The molecule has 2 N–H and O–H groups in total. The minimum Gasteiger partial charge on any atom is -0.341 e. The van der Waals surface area contributed by atoms with Crippen LogP contribution >= 0.6 is 11.3 Å².